The van der Waals surface area contributed by atoms with Crippen molar-refractivity contribution in [1.29, 1.82) is 0 Å². The Morgan fingerprint density at radius 1 is 0.958 bits per heavy atom. The highest BCUT2D eigenvalue weighted by molar-refractivity contribution is 7.48. The molecule has 1 saturated heterocycles. The Hall–Kier alpha value is -3.67. The van der Waals surface area contributed by atoms with Crippen molar-refractivity contribution in [2.45, 2.75) is 199 Å². The number of fused-ring (bicyclic) bond motifs is 7. The third-order valence-corrected chi connectivity index (χ3v) is 18.2. The molecular weight excluding hydrogens is 937 g/mol. The summed E-state index contributed by atoms with van der Waals surface area (Å²) >= 11 is 0. The molecule has 1 heterocycles. The number of esters is 1. The fourth-order valence-corrected chi connectivity index (χ4v) is 15.4. The lowest BCUT2D eigenvalue weighted by Crippen LogP contribution is -2.76. The van der Waals surface area contributed by atoms with Crippen molar-refractivity contribution in [2.24, 2.45) is 33.8 Å². The molecule has 7 fully saturated rings. The number of hydrogen-bond acceptors (Lipinski definition) is 14. The number of rotatable bonds is 16. The number of allylic oxidation sites excluding steroid dienone is 4. The molecule has 0 aromatic heterocycles. The number of ketones is 2. The van der Waals surface area contributed by atoms with Crippen LogP contribution in [-0.4, -0.2) is 99.5 Å². The third kappa shape index (κ3) is 9.80. The second-order valence-electron chi connectivity index (χ2n) is 25.0. The summed E-state index contributed by atoms with van der Waals surface area (Å²) in [5.74, 6) is -3.38. The molecule has 2 bridgehead atoms. The largest absolute Gasteiger partial charge is 0.476 e. The van der Waals surface area contributed by atoms with Crippen LogP contribution in [0, 0.1) is 28.1 Å². The van der Waals surface area contributed by atoms with E-state index in [-0.39, 0.29) is 49.3 Å². The molecule has 5 N–H and O–H groups in total. The Kier molecular flexibility index (Phi) is 13.6. The van der Waals surface area contributed by atoms with Crippen molar-refractivity contribution >= 4 is 37.2 Å². The number of hydrogen-bond donors (Lipinski definition) is 4. The van der Waals surface area contributed by atoms with Crippen LogP contribution in [0.4, 0.5) is 4.39 Å². The predicted octanol–water partition coefficient (Wildman–Crippen LogP) is 7.29. The zero-order valence-electron chi connectivity index (χ0n) is 43.2. The van der Waals surface area contributed by atoms with Crippen molar-refractivity contribution in [3.8, 4) is 0 Å². The molecule has 7 aliphatic carbocycles. The van der Waals surface area contributed by atoms with Gasteiger partial charge in [-0.15, -0.1) is 0 Å². The van der Waals surface area contributed by atoms with Gasteiger partial charge < -0.3 is 35.7 Å². The Labute approximate surface area is 417 Å². The Bertz CT molecular complexity index is 2400. The first-order chi connectivity index (χ1) is 32.7. The number of phosphoric ester groups is 1. The summed E-state index contributed by atoms with van der Waals surface area (Å²) < 4.78 is 69.3. The maximum absolute atomic E-state index is 18.2. The van der Waals surface area contributed by atoms with Gasteiger partial charge in [-0.1, -0.05) is 42.8 Å². The standard InChI is InChI=1S/C53H75FN3O13P/c1-45(2,3)67-42(62)19-18-37(56-41(61)26-55)43(63)57-51-28-50(29-51,30-51)24-31-12-14-32(15-13-31)44-66-40-23-36-35-17-16-33-22-34(58)20-21-48(33,10)52(35,54)38(59)25-49(36,11)53(40,68-44)39(60)27-65-71(64,69-46(4,5)6)70-47(7,8)9/h12-15,20-22,35-38,40,44,59H,16-19,23-30,55H2,1-11H3,(H,56,61)(H,57,63)/t35-,36-,37-,38-,40+,44+,48-,49-,50?,51?,52-,53+/m0/s1. The number of phosphoric acid groups is 1. The van der Waals surface area contributed by atoms with Crippen molar-refractivity contribution in [3.05, 3.63) is 59.2 Å². The molecule has 1 aromatic rings. The number of nitrogens with two attached hydrogens (primary N) is 1. The molecule has 10 atom stereocenters. The zero-order chi connectivity index (χ0) is 52.2. The van der Waals surface area contributed by atoms with Crippen molar-refractivity contribution < 1.29 is 65.8 Å². The molecular formula is C53H75FN3O13P. The summed E-state index contributed by atoms with van der Waals surface area (Å²) in [5, 5.41) is 18.0. The minimum atomic E-state index is -4.38. The number of benzene rings is 1. The molecule has 16 nitrogen and oxygen atoms in total. The van der Waals surface area contributed by atoms with Crippen LogP contribution in [0.1, 0.15) is 151 Å². The molecule has 18 heteroatoms. The van der Waals surface area contributed by atoms with Gasteiger partial charge in [0.1, 0.15) is 18.2 Å². The number of carbonyl (C=O) groups is 5. The van der Waals surface area contributed by atoms with Crippen LogP contribution < -0.4 is 16.4 Å². The first-order valence-electron chi connectivity index (χ1n) is 25.2. The lowest BCUT2D eigenvalue weighted by atomic mass is 9.38. The van der Waals surface area contributed by atoms with Gasteiger partial charge in [0, 0.05) is 34.3 Å². The third-order valence-electron chi connectivity index (χ3n) is 16.2. The fourth-order valence-electron chi connectivity index (χ4n) is 13.7. The maximum atomic E-state index is 18.2. The number of aliphatic hydroxyl groups excluding tert-OH is 1. The van der Waals surface area contributed by atoms with Crippen LogP contribution in [0.5, 0.6) is 0 Å². The summed E-state index contributed by atoms with van der Waals surface area (Å²) in [7, 11) is -4.38. The molecule has 9 rings (SSSR count). The van der Waals surface area contributed by atoms with Crippen LogP contribution in [0.15, 0.2) is 48.1 Å². The molecule has 0 spiro atoms. The van der Waals surface area contributed by atoms with Crippen molar-refractivity contribution in [2.75, 3.05) is 13.2 Å². The van der Waals surface area contributed by atoms with E-state index in [1.807, 2.05) is 31.2 Å². The van der Waals surface area contributed by atoms with E-state index in [0.717, 1.165) is 31.2 Å². The van der Waals surface area contributed by atoms with Gasteiger partial charge in [-0.05, 0) is 156 Å². The lowest BCUT2D eigenvalue weighted by Gasteiger charge is -2.71. The molecule has 0 radical (unpaired) electrons. The smallest absolute Gasteiger partial charge is 0.460 e. The minimum absolute atomic E-state index is 0.0330. The molecule has 1 aromatic carbocycles. The summed E-state index contributed by atoms with van der Waals surface area (Å²) in [6.45, 7) is 18.0. The summed E-state index contributed by atoms with van der Waals surface area (Å²) in [4.78, 5) is 65.8. The Balaban J connectivity index is 0.990. The van der Waals surface area contributed by atoms with Gasteiger partial charge in [0.15, 0.2) is 29.1 Å². The van der Waals surface area contributed by atoms with E-state index in [1.54, 1.807) is 75.3 Å². The van der Waals surface area contributed by atoms with E-state index < -0.39 is 113 Å². The highest BCUT2D eigenvalue weighted by Gasteiger charge is 2.79. The van der Waals surface area contributed by atoms with Gasteiger partial charge in [0.2, 0.25) is 11.8 Å². The number of Topliss-reactive ketones (excluding diaryl/α,β-unsaturated/α-hetero) is 1. The molecule has 0 unspecified atom stereocenters. The minimum Gasteiger partial charge on any atom is -0.460 e. The van der Waals surface area contributed by atoms with E-state index >= 15 is 9.18 Å². The normalized spacial score (nSPS) is 36.5. The quantitative estimate of drug-likeness (QED) is 0.0942. The molecule has 392 valence electrons. The van der Waals surface area contributed by atoms with Crippen LogP contribution in [-0.2, 0) is 62.7 Å². The lowest BCUT2D eigenvalue weighted by molar-refractivity contribution is -0.231. The highest BCUT2D eigenvalue weighted by atomic mass is 31.2. The molecule has 6 saturated carbocycles. The van der Waals surface area contributed by atoms with E-state index in [2.05, 4.69) is 10.6 Å². The number of alkyl halides is 1. The SMILES string of the molecule is CC(C)(C)OC(=O)CC[C@H](NC(=O)CN)C(=O)NC12CC(Cc3ccc([C@@H]4O[C@@H]5C[C@H]6[C@@H]7CCC8=CC(=O)C=C[C@]8(C)[C@@]7(F)[C@@H](O)C[C@]6(C)[C@]5(C(=O)COP(=O)(OC(C)(C)C)OC(C)(C)C)O4)cc3)(C1)C2. The average molecular weight is 1010 g/mol. The Morgan fingerprint density at radius 2 is 1.59 bits per heavy atom. The second-order valence-corrected chi connectivity index (χ2v) is 26.5. The number of halogens is 1. The fraction of sp³-hybridized carbons (Fsp3) is 0.717. The number of carbonyl (C=O) groups excluding carboxylic acids is 5. The second kappa shape index (κ2) is 18.0. The topological polar surface area (TPSA) is 228 Å². The maximum Gasteiger partial charge on any atom is 0.476 e. The number of amides is 2. The van der Waals surface area contributed by atoms with E-state index in [1.165, 1.54) is 12.2 Å². The number of ether oxygens (including phenoxy) is 3. The van der Waals surface area contributed by atoms with Crippen LogP contribution in [0.25, 0.3) is 0 Å². The molecule has 71 heavy (non-hydrogen) atoms. The van der Waals surface area contributed by atoms with Gasteiger partial charge >= 0.3 is 13.8 Å². The van der Waals surface area contributed by atoms with Crippen LogP contribution >= 0.6 is 7.82 Å². The molecule has 8 aliphatic rings. The Morgan fingerprint density at radius 3 is 2.18 bits per heavy atom. The summed E-state index contributed by atoms with van der Waals surface area (Å²) in [6.07, 6.45) is 4.78. The van der Waals surface area contributed by atoms with E-state index in [9.17, 15) is 28.8 Å². The first kappa shape index (κ1) is 53.6. The number of aliphatic hydroxyl groups is 1. The van der Waals surface area contributed by atoms with E-state index in [0.29, 0.717) is 24.0 Å². The van der Waals surface area contributed by atoms with Gasteiger partial charge in [0.05, 0.1) is 30.0 Å². The predicted molar refractivity (Wildman–Crippen MR) is 259 cm³/mol. The van der Waals surface area contributed by atoms with Crippen molar-refractivity contribution in [3.63, 3.8) is 0 Å². The highest BCUT2D eigenvalue weighted by Crippen LogP contribution is 2.73. The monoisotopic (exact) mass is 1010 g/mol. The summed E-state index contributed by atoms with van der Waals surface area (Å²) in [5.41, 5.74) is -1.61. The van der Waals surface area contributed by atoms with Gasteiger partial charge in [-0.3, -0.25) is 37.5 Å². The number of nitrogens with one attached hydrogen (secondary N) is 2. The molecule has 2 amide bonds. The van der Waals surface area contributed by atoms with Crippen LogP contribution in [0.2, 0.25) is 0 Å². The van der Waals surface area contributed by atoms with Crippen LogP contribution in [0.3, 0.4) is 0 Å². The van der Waals surface area contributed by atoms with Gasteiger partial charge in [-0.25, -0.2) is 8.96 Å². The summed E-state index contributed by atoms with van der Waals surface area (Å²) in [6, 6.07) is 6.82. The van der Waals surface area contributed by atoms with E-state index in [4.69, 9.17) is 33.5 Å². The van der Waals surface area contributed by atoms with Gasteiger partial charge in [-0.2, -0.15) is 0 Å². The van der Waals surface area contributed by atoms with Gasteiger partial charge in [0.25, 0.3) is 0 Å². The molecule has 1 aliphatic heterocycles. The first-order valence-corrected chi connectivity index (χ1v) is 26.6. The van der Waals surface area contributed by atoms with Crippen molar-refractivity contribution in [1.82, 2.24) is 10.6 Å². The average Bonchev–Trinajstić information content (AvgIpc) is 3.72. The zero-order valence-corrected chi connectivity index (χ0v) is 44.1.